The van der Waals surface area contributed by atoms with E-state index in [1.54, 1.807) is 11.3 Å². The van der Waals surface area contributed by atoms with Gasteiger partial charge in [-0.1, -0.05) is 23.3 Å². The lowest BCUT2D eigenvalue weighted by molar-refractivity contribution is -0.385. The zero-order valence-electron chi connectivity index (χ0n) is 14.4. The number of non-ortho nitro benzene ring substituents is 1. The van der Waals surface area contributed by atoms with E-state index in [0.717, 1.165) is 40.6 Å². The Bertz CT molecular complexity index is 1060. The summed E-state index contributed by atoms with van der Waals surface area (Å²) in [4.78, 5) is 12.1. The van der Waals surface area contributed by atoms with Crippen LogP contribution < -0.4 is 10.4 Å². The largest absolute Gasteiger partial charge is 0.744 e. The first-order valence-corrected chi connectivity index (χ1v) is 9.77. The highest BCUT2D eigenvalue weighted by atomic mass is 32.2. The van der Waals surface area contributed by atoms with Gasteiger partial charge < -0.3 is 4.55 Å². The first-order chi connectivity index (χ1) is 12.7. The minimum atomic E-state index is -4.61. The number of thiazole rings is 1. The van der Waals surface area contributed by atoms with Gasteiger partial charge in [-0.25, -0.2) is 13.4 Å². The van der Waals surface area contributed by atoms with E-state index in [2.05, 4.69) is 27.6 Å². The van der Waals surface area contributed by atoms with Gasteiger partial charge in [0.05, 0.1) is 20.2 Å². The molecule has 0 aliphatic heterocycles. The number of H-pyrrole nitrogens is 1. The molecule has 0 amide bonds. The molecule has 0 bridgehead atoms. The smallest absolute Gasteiger partial charge is 0.357 e. The van der Waals surface area contributed by atoms with Gasteiger partial charge in [-0.3, -0.25) is 10.1 Å². The van der Waals surface area contributed by atoms with Gasteiger partial charge in [0.25, 0.3) is 5.69 Å². The molecule has 0 aliphatic carbocycles. The van der Waals surface area contributed by atoms with Crippen LogP contribution in [0.3, 0.4) is 0 Å². The van der Waals surface area contributed by atoms with E-state index in [4.69, 9.17) is 0 Å². The summed E-state index contributed by atoms with van der Waals surface area (Å²) in [5.41, 5.74) is 4.72. The molecule has 0 fully saturated rings. The van der Waals surface area contributed by atoms with Crippen LogP contribution in [0.25, 0.3) is 10.2 Å². The summed E-state index contributed by atoms with van der Waals surface area (Å²) in [7, 11) is -4.61. The third-order valence-corrected chi connectivity index (χ3v) is 4.85. The van der Waals surface area contributed by atoms with Crippen molar-refractivity contribution in [2.75, 3.05) is 5.43 Å². The molecule has 0 saturated heterocycles. The van der Waals surface area contributed by atoms with Gasteiger partial charge in [-0.05, 0) is 43.4 Å². The van der Waals surface area contributed by atoms with E-state index in [1.165, 1.54) is 4.70 Å². The maximum atomic E-state index is 10.4. The van der Waals surface area contributed by atoms with Crippen molar-refractivity contribution in [2.24, 2.45) is 5.10 Å². The molecule has 2 aromatic carbocycles. The molecule has 0 saturated carbocycles. The molecule has 0 unspecified atom stereocenters. The fourth-order valence-electron chi connectivity index (χ4n) is 1.88. The zero-order valence-corrected chi connectivity index (χ0v) is 16.0. The number of hydrogen-bond donors (Lipinski definition) is 1. The fraction of sp³-hybridized carbons (Fsp3) is 0.125. The van der Waals surface area contributed by atoms with Gasteiger partial charge in [0.1, 0.15) is 15.6 Å². The van der Waals surface area contributed by atoms with E-state index in [1.807, 2.05) is 26.0 Å². The number of benzene rings is 2. The number of rotatable bonds is 4. The first-order valence-electron chi connectivity index (χ1n) is 7.55. The van der Waals surface area contributed by atoms with Gasteiger partial charge >= 0.3 is 5.13 Å². The zero-order chi connectivity index (χ0) is 20.0. The molecule has 3 aromatic rings. The van der Waals surface area contributed by atoms with Crippen molar-refractivity contribution < 1.29 is 22.9 Å². The number of nitro groups is 1. The second-order valence-corrected chi connectivity index (χ2v) is 7.86. The summed E-state index contributed by atoms with van der Waals surface area (Å²) in [6.45, 7) is 3.92. The molecule has 0 radical (unpaired) electrons. The van der Waals surface area contributed by atoms with Gasteiger partial charge in [-0.15, -0.1) is 5.43 Å². The van der Waals surface area contributed by atoms with Gasteiger partial charge in [0, 0.05) is 12.1 Å². The molecule has 2 N–H and O–H groups in total. The normalized spacial score (nSPS) is 10.6. The van der Waals surface area contributed by atoms with Crippen LogP contribution in [0.15, 0.2) is 58.5 Å². The second kappa shape index (κ2) is 8.66. The van der Waals surface area contributed by atoms with Gasteiger partial charge in [0.15, 0.2) is 0 Å². The van der Waals surface area contributed by atoms with Crippen LogP contribution in [0.2, 0.25) is 0 Å². The Morgan fingerprint density at radius 3 is 2.48 bits per heavy atom. The van der Waals surface area contributed by atoms with Crippen LogP contribution in [0.1, 0.15) is 13.8 Å². The van der Waals surface area contributed by atoms with Gasteiger partial charge in [-0.2, -0.15) is 0 Å². The van der Waals surface area contributed by atoms with Crippen LogP contribution in [0.5, 0.6) is 0 Å². The quantitative estimate of drug-likeness (QED) is 0.305. The number of hydrazone groups is 1. The van der Waals surface area contributed by atoms with Crippen LogP contribution in [0, 0.1) is 10.1 Å². The fourth-order valence-corrected chi connectivity index (χ4v) is 3.24. The molecule has 142 valence electrons. The number of nitro benzene ring substituents is 1. The van der Waals surface area contributed by atoms with Crippen LogP contribution >= 0.6 is 11.3 Å². The van der Waals surface area contributed by atoms with E-state index in [0.29, 0.717) is 0 Å². The van der Waals surface area contributed by atoms with Crippen molar-refractivity contribution >= 4 is 48.2 Å². The molecule has 11 heteroatoms. The SMILES string of the molecule is CC(C)=NNc1[nH+]c2ccccc2s1.O=[N+]([O-])c1cccc(S(=O)(=O)[O-])c1. The average Bonchev–Trinajstić information content (AvgIpc) is 3.03. The monoisotopic (exact) mass is 408 g/mol. The first kappa shape index (κ1) is 20.4. The number of nitrogens with zero attached hydrogens (tertiary/aromatic N) is 2. The molecule has 0 spiro atoms. The Morgan fingerprint density at radius 1 is 1.19 bits per heavy atom. The lowest BCUT2D eigenvalue weighted by Gasteiger charge is -2.05. The lowest BCUT2D eigenvalue weighted by Crippen LogP contribution is -2.05. The third kappa shape index (κ3) is 6.09. The number of aromatic amines is 1. The molecule has 1 heterocycles. The summed E-state index contributed by atoms with van der Waals surface area (Å²) in [5.74, 6) is 0. The Labute approximate surface area is 159 Å². The Morgan fingerprint density at radius 2 is 1.89 bits per heavy atom. The summed E-state index contributed by atoms with van der Waals surface area (Å²) in [5, 5.41) is 15.3. The second-order valence-electron chi connectivity index (χ2n) is 5.43. The maximum absolute atomic E-state index is 10.4. The van der Waals surface area contributed by atoms with Crippen molar-refractivity contribution in [3.05, 3.63) is 58.6 Å². The van der Waals surface area contributed by atoms with E-state index in [-0.39, 0.29) is 0 Å². The van der Waals surface area contributed by atoms with E-state index >= 15 is 0 Å². The number of para-hydroxylation sites is 1. The van der Waals surface area contributed by atoms with Crippen molar-refractivity contribution in [3.8, 4) is 0 Å². The highest BCUT2D eigenvalue weighted by Gasteiger charge is 2.09. The molecule has 0 aliphatic rings. The van der Waals surface area contributed by atoms with E-state index in [9.17, 15) is 23.1 Å². The molecule has 3 rings (SSSR count). The van der Waals surface area contributed by atoms with Crippen LogP contribution in [0.4, 0.5) is 10.8 Å². The van der Waals surface area contributed by atoms with Crippen molar-refractivity contribution in [1.29, 1.82) is 0 Å². The summed E-state index contributed by atoms with van der Waals surface area (Å²) < 4.78 is 32.5. The molecule has 9 nitrogen and oxygen atoms in total. The number of anilines is 1. The predicted octanol–water partition coefficient (Wildman–Crippen LogP) is 3.02. The molecule has 1 aromatic heterocycles. The van der Waals surface area contributed by atoms with Crippen LogP contribution in [-0.2, 0) is 10.1 Å². The molecule has 27 heavy (non-hydrogen) atoms. The molecule has 0 atom stereocenters. The Hall–Kier alpha value is -2.89. The predicted molar refractivity (Wildman–Crippen MR) is 102 cm³/mol. The Kier molecular flexibility index (Phi) is 6.55. The highest BCUT2D eigenvalue weighted by molar-refractivity contribution is 7.85. The third-order valence-electron chi connectivity index (χ3n) is 3.05. The minimum absolute atomic E-state index is 0.420. The lowest BCUT2D eigenvalue weighted by atomic mass is 10.3. The number of aromatic nitrogens is 1. The van der Waals surface area contributed by atoms with Crippen molar-refractivity contribution in [3.63, 3.8) is 0 Å². The summed E-state index contributed by atoms with van der Waals surface area (Å²) >= 11 is 1.67. The summed E-state index contributed by atoms with van der Waals surface area (Å²) in [6.07, 6.45) is 0. The number of nitrogens with one attached hydrogen (secondary N) is 2. The van der Waals surface area contributed by atoms with Crippen molar-refractivity contribution in [1.82, 2.24) is 0 Å². The number of hydrogen-bond acceptors (Lipinski definition) is 8. The maximum Gasteiger partial charge on any atom is 0.357 e. The van der Waals surface area contributed by atoms with E-state index < -0.39 is 25.6 Å². The standard InChI is InChI=1S/C10H11N3S.C6H5NO5S/c1-7(2)12-13-10-11-8-5-3-4-6-9(8)14-10;8-7(9)5-2-1-3-6(4-5)13(10,11)12/h3-6H,1-2H3,(H,11,13);1-4H,(H,10,11,12). The molecular weight excluding hydrogens is 392 g/mol. The number of fused-ring (bicyclic) bond motifs is 1. The van der Waals surface area contributed by atoms with Crippen molar-refractivity contribution in [2.45, 2.75) is 18.7 Å². The Balaban J connectivity index is 0.000000194. The topological polar surface area (TPSA) is 139 Å². The highest BCUT2D eigenvalue weighted by Crippen LogP contribution is 2.21. The summed E-state index contributed by atoms with van der Waals surface area (Å²) in [6, 6.07) is 12.2. The molecular formula is C16H16N4O5S2. The van der Waals surface area contributed by atoms with Gasteiger partial charge in [0.2, 0.25) is 0 Å². The minimum Gasteiger partial charge on any atom is -0.744 e. The average molecular weight is 408 g/mol. The van der Waals surface area contributed by atoms with Crippen LogP contribution in [-0.4, -0.2) is 23.6 Å².